The number of amides is 1. The lowest BCUT2D eigenvalue weighted by Gasteiger charge is -2.34. The summed E-state index contributed by atoms with van der Waals surface area (Å²) in [5, 5.41) is 9.03. The third kappa shape index (κ3) is 4.50. The molecule has 1 aliphatic heterocycles. The molecule has 1 atom stereocenters. The number of aliphatic hydroxyl groups is 1. The second-order valence-electron chi connectivity index (χ2n) is 7.59. The van der Waals surface area contributed by atoms with Gasteiger partial charge in [0.1, 0.15) is 11.6 Å². The standard InChI is InChI=1S/C22H26F2N2O2/c1-14(22(25)28)10-15-6-8-26(9-7-15)18-4-2-16(3-5-18)17-11-20(23)19(13-27)21(24)12-17/h2-5,11-12,14-15,27H,6-10,13H2,1H3,(H2,25,28). The number of nitrogens with two attached hydrogens (primary N) is 1. The fourth-order valence-corrected chi connectivity index (χ4v) is 3.83. The van der Waals surface area contributed by atoms with Crippen LogP contribution in [-0.2, 0) is 11.4 Å². The third-order valence-electron chi connectivity index (χ3n) is 5.65. The molecule has 2 aromatic carbocycles. The SMILES string of the molecule is CC(CC1CCN(c2ccc(-c3cc(F)c(CO)c(F)c3)cc2)CC1)C(N)=O. The Morgan fingerprint density at radius 2 is 1.71 bits per heavy atom. The van der Waals surface area contributed by atoms with Crippen molar-refractivity contribution in [3.8, 4) is 11.1 Å². The maximum absolute atomic E-state index is 13.9. The molecule has 0 bridgehead atoms. The molecule has 1 saturated heterocycles. The molecule has 0 radical (unpaired) electrons. The molecule has 0 saturated carbocycles. The highest BCUT2D eigenvalue weighted by Gasteiger charge is 2.23. The Balaban J connectivity index is 1.65. The van der Waals surface area contributed by atoms with E-state index in [1.54, 1.807) is 0 Å². The highest BCUT2D eigenvalue weighted by molar-refractivity contribution is 5.76. The largest absolute Gasteiger partial charge is 0.391 e. The van der Waals surface area contributed by atoms with Gasteiger partial charge in [-0.1, -0.05) is 19.1 Å². The highest BCUT2D eigenvalue weighted by Crippen LogP contribution is 2.30. The van der Waals surface area contributed by atoms with Gasteiger partial charge in [-0.25, -0.2) is 8.78 Å². The molecule has 0 aromatic heterocycles. The van der Waals surface area contributed by atoms with E-state index >= 15 is 0 Å². The summed E-state index contributed by atoms with van der Waals surface area (Å²) in [5.41, 5.74) is 7.28. The van der Waals surface area contributed by atoms with Crippen molar-refractivity contribution in [2.24, 2.45) is 17.6 Å². The molecule has 3 N–H and O–H groups in total. The Hall–Kier alpha value is -2.47. The summed E-state index contributed by atoms with van der Waals surface area (Å²) in [6.45, 7) is 3.03. The van der Waals surface area contributed by atoms with Crippen LogP contribution in [0.25, 0.3) is 11.1 Å². The summed E-state index contributed by atoms with van der Waals surface area (Å²) in [6.07, 6.45) is 2.86. The molecule has 1 fully saturated rings. The zero-order chi connectivity index (χ0) is 20.3. The third-order valence-corrected chi connectivity index (χ3v) is 5.65. The van der Waals surface area contributed by atoms with Crippen LogP contribution in [0.2, 0.25) is 0 Å². The highest BCUT2D eigenvalue weighted by atomic mass is 19.1. The number of rotatable bonds is 6. The number of nitrogens with zero attached hydrogens (tertiary/aromatic N) is 1. The fourth-order valence-electron chi connectivity index (χ4n) is 3.83. The number of carbonyl (C=O) groups is 1. The summed E-state index contributed by atoms with van der Waals surface area (Å²) in [6, 6.07) is 10.1. The van der Waals surface area contributed by atoms with Gasteiger partial charge in [-0.2, -0.15) is 0 Å². The zero-order valence-electron chi connectivity index (χ0n) is 16.0. The monoisotopic (exact) mass is 388 g/mol. The van der Waals surface area contributed by atoms with Crippen LogP contribution >= 0.6 is 0 Å². The van der Waals surface area contributed by atoms with Crippen LogP contribution in [0.15, 0.2) is 36.4 Å². The van der Waals surface area contributed by atoms with E-state index in [2.05, 4.69) is 4.90 Å². The molecule has 150 valence electrons. The van der Waals surface area contributed by atoms with Crippen LogP contribution < -0.4 is 10.6 Å². The van der Waals surface area contributed by atoms with Gasteiger partial charge in [-0.3, -0.25) is 4.79 Å². The number of piperidine rings is 1. The minimum atomic E-state index is -0.742. The lowest BCUT2D eigenvalue weighted by atomic mass is 9.87. The Morgan fingerprint density at radius 1 is 1.14 bits per heavy atom. The molecule has 6 heteroatoms. The number of anilines is 1. The topological polar surface area (TPSA) is 66.6 Å². The number of hydrogen-bond acceptors (Lipinski definition) is 3. The summed E-state index contributed by atoms with van der Waals surface area (Å²) < 4.78 is 27.8. The smallest absolute Gasteiger partial charge is 0.220 e. The first-order valence-electron chi connectivity index (χ1n) is 9.62. The molecule has 1 amide bonds. The molecule has 28 heavy (non-hydrogen) atoms. The molecule has 0 aliphatic carbocycles. The number of benzene rings is 2. The summed E-state index contributed by atoms with van der Waals surface area (Å²) >= 11 is 0. The van der Waals surface area contributed by atoms with Gasteiger partial charge in [0.05, 0.1) is 6.61 Å². The van der Waals surface area contributed by atoms with E-state index in [4.69, 9.17) is 10.8 Å². The van der Waals surface area contributed by atoms with E-state index in [-0.39, 0.29) is 17.4 Å². The Bertz CT molecular complexity index is 808. The summed E-state index contributed by atoms with van der Waals surface area (Å²) in [7, 11) is 0. The van der Waals surface area contributed by atoms with Gasteiger partial charge >= 0.3 is 0 Å². The number of hydrogen-bond donors (Lipinski definition) is 2. The van der Waals surface area contributed by atoms with Crippen molar-refractivity contribution in [2.75, 3.05) is 18.0 Å². The second-order valence-corrected chi connectivity index (χ2v) is 7.59. The lowest BCUT2D eigenvalue weighted by molar-refractivity contribution is -0.121. The van der Waals surface area contributed by atoms with Gasteiger partial charge in [0.2, 0.25) is 5.91 Å². The molecule has 1 heterocycles. The van der Waals surface area contributed by atoms with Crippen molar-refractivity contribution >= 4 is 11.6 Å². The fraction of sp³-hybridized carbons (Fsp3) is 0.409. The Morgan fingerprint density at radius 3 is 2.21 bits per heavy atom. The number of halogens is 2. The molecule has 1 aliphatic rings. The molecule has 4 nitrogen and oxygen atoms in total. The Kier molecular flexibility index (Phi) is 6.29. The minimum Gasteiger partial charge on any atom is -0.391 e. The first kappa shape index (κ1) is 20.3. The zero-order valence-corrected chi connectivity index (χ0v) is 16.0. The first-order chi connectivity index (χ1) is 13.4. The van der Waals surface area contributed by atoms with Crippen molar-refractivity contribution in [3.05, 3.63) is 53.6 Å². The molecular formula is C22H26F2N2O2. The van der Waals surface area contributed by atoms with E-state index in [1.165, 1.54) is 12.1 Å². The number of primary amides is 1. The van der Waals surface area contributed by atoms with E-state index in [9.17, 15) is 13.6 Å². The van der Waals surface area contributed by atoms with Gasteiger partial charge in [0.15, 0.2) is 0 Å². The maximum atomic E-state index is 13.9. The van der Waals surface area contributed by atoms with Crippen LogP contribution in [0.5, 0.6) is 0 Å². The van der Waals surface area contributed by atoms with Crippen molar-refractivity contribution in [3.63, 3.8) is 0 Å². The molecule has 0 spiro atoms. The first-order valence-corrected chi connectivity index (χ1v) is 9.62. The molecular weight excluding hydrogens is 362 g/mol. The van der Waals surface area contributed by atoms with Crippen molar-refractivity contribution in [1.82, 2.24) is 0 Å². The predicted octanol–water partition coefficient (Wildman–Crippen LogP) is 3.85. The minimum absolute atomic E-state index is 0.0890. The average molecular weight is 388 g/mol. The summed E-state index contributed by atoms with van der Waals surface area (Å²) in [5.74, 6) is -1.30. The van der Waals surface area contributed by atoms with Crippen molar-refractivity contribution in [1.29, 1.82) is 0 Å². The maximum Gasteiger partial charge on any atom is 0.220 e. The van der Waals surface area contributed by atoms with E-state index in [0.717, 1.165) is 43.6 Å². The van der Waals surface area contributed by atoms with Gasteiger partial charge < -0.3 is 15.7 Å². The van der Waals surface area contributed by atoms with Gasteiger partial charge in [0.25, 0.3) is 0 Å². The molecule has 1 unspecified atom stereocenters. The van der Waals surface area contributed by atoms with Crippen LogP contribution in [0.1, 0.15) is 31.7 Å². The lowest BCUT2D eigenvalue weighted by Crippen LogP contribution is -2.35. The average Bonchev–Trinajstić information content (AvgIpc) is 2.68. The molecule has 3 rings (SSSR count). The number of carbonyl (C=O) groups excluding carboxylic acids is 1. The van der Waals surface area contributed by atoms with Crippen molar-refractivity contribution in [2.45, 2.75) is 32.8 Å². The normalized spacial score (nSPS) is 16.2. The molecule has 2 aromatic rings. The van der Waals surface area contributed by atoms with E-state index in [0.29, 0.717) is 11.5 Å². The number of aliphatic hydroxyl groups excluding tert-OH is 1. The predicted molar refractivity (Wildman–Crippen MR) is 106 cm³/mol. The van der Waals surface area contributed by atoms with Crippen molar-refractivity contribution < 1.29 is 18.7 Å². The quantitative estimate of drug-likeness (QED) is 0.790. The summed E-state index contributed by atoms with van der Waals surface area (Å²) in [4.78, 5) is 13.5. The van der Waals surface area contributed by atoms with E-state index in [1.807, 2.05) is 31.2 Å². The van der Waals surface area contributed by atoms with E-state index < -0.39 is 18.2 Å². The van der Waals surface area contributed by atoms with Crippen LogP contribution in [0, 0.1) is 23.5 Å². The van der Waals surface area contributed by atoms with Crippen LogP contribution in [-0.4, -0.2) is 24.1 Å². The van der Waals surface area contributed by atoms with Crippen LogP contribution in [0.4, 0.5) is 14.5 Å². The Labute approximate surface area is 164 Å². The van der Waals surface area contributed by atoms with Gasteiger partial charge in [-0.15, -0.1) is 0 Å². The van der Waals surface area contributed by atoms with Crippen LogP contribution in [0.3, 0.4) is 0 Å². The van der Waals surface area contributed by atoms with Gasteiger partial charge in [-0.05, 0) is 60.6 Å². The second kappa shape index (κ2) is 8.69. The van der Waals surface area contributed by atoms with Gasteiger partial charge in [0, 0.05) is 30.3 Å².